The summed E-state index contributed by atoms with van der Waals surface area (Å²) in [5.74, 6) is 1.35. The fourth-order valence-corrected chi connectivity index (χ4v) is 2.01. The van der Waals surface area contributed by atoms with Crippen molar-refractivity contribution >= 4 is 0 Å². The summed E-state index contributed by atoms with van der Waals surface area (Å²) < 4.78 is 5.40. The van der Waals surface area contributed by atoms with Gasteiger partial charge in [-0.1, -0.05) is 38.1 Å². The van der Waals surface area contributed by atoms with Crippen molar-refractivity contribution < 1.29 is 4.52 Å². The lowest BCUT2D eigenvalue weighted by Gasteiger charge is -2.21. The predicted octanol–water partition coefficient (Wildman–Crippen LogP) is 3.43. The van der Waals surface area contributed by atoms with Crippen molar-refractivity contribution in [3.8, 4) is 6.07 Å². The fraction of sp³-hybridized carbons (Fsp3) is 0.471. The summed E-state index contributed by atoms with van der Waals surface area (Å²) in [4.78, 5) is 6.65. The molecule has 0 bridgehead atoms. The Morgan fingerprint density at radius 1 is 1.27 bits per heavy atom. The minimum Gasteiger partial charge on any atom is -0.338 e. The molecule has 5 nitrogen and oxygen atoms in total. The van der Waals surface area contributed by atoms with Crippen molar-refractivity contribution in [1.82, 2.24) is 15.0 Å². The number of nitriles is 1. The summed E-state index contributed by atoms with van der Waals surface area (Å²) in [5, 5.41) is 12.9. The lowest BCUT2D eigenvalue weighted by molar-refractivity contribution is 0.202. The van der Waals surface area contributed by atoms with Crippen molar-refractivity contribution in [2.24, 2.45) is 0 Å². The van der Waals surface area contributed by atoms with E-state index in [0.29, 0.717) is 11.5 Å². The molecule has 0 radical (unpaired) electrons. The van der Waals surface area contributed by atoms with Crippen LogP contribution in [0.2, 0.25) is 0 Å². The van der Waals surface area contributed by atoms with Crippen molar-refractivity contribution in [2.45, 2.75) is 45.7 Å². The minimum absolute atomic E-state index is 0.0271. The van der Waals surface area contributed by atoms with Crippen LogP contribution < -0.4 is 0 Å². The first kappa shape index (κ1) is 16.2. The largest absolute Gasteiger partial charge is 0.338 e. The first-order valence-corrected chi connectivity index (χ1v) is 7.34. The Morgan fingerprint density at radius 2 is 1.91 bits per heavy atom. The third-order valence-corrected chi connectivity index (χ3v) is 3.65. The molecule has 1 atom stereocenters. The van der Waals surface area contributed by atoms with Gasteiger partial charge in [0.25, 0.3) is 0 Å². The van der Waals surface area contributed by atoms with Gasteiger partial charge in [0.2, 0.25) is 5.89 Å². The molecular weight excluding hydrogens is 276 g/mol. The molecule has 0 aliphatic rings. The lowest BCUT2D eigenvalue weighted by atomic mass is 9.96. The number of aromatic nitrogens is 2. The second-order valence-electron chi connectivity index (χ2n) is 6.61. The van der Waals surface area contributed by atoms with Crippen LogP contribution in [0.1, 0.15) is 56.6 Å². The maximum absolute atomic E-state index is 8.83. The second kappa shape index (κ2) is 6.29. The number of hydrogen-bond donors (Lipinski definition) is 0. The van der Waals surface area contributed by atoms with Gasteiger partial charge >= 0.3 is 0 Å². The molecule has 0 N–H and O–H groups in total. The van der Waals surface area contributed by atoms with Crippen molar-refractivity contribution in [2.75, 3.05) is 7.05 Å². The number of nitrogens with zero attached hydrogens (tertiary/aromatic N) is 4. The van der Waals surface area contributed by atoms with Crippen LogP contribution in [-0.4, -0.2) is 22.1 Å². The zero-order chi connectivity index (χ0) is 16.3. The number of rotatable bonds is 4. The molecule has 2 rings (SSSR count). The molecule has 0 spiro atoms. The third kappa shape index (κ3) is 3.71. The number of hydrogen-bond acceptors (Lipinski definition) is 5. The maximum Gasteiger partial charge on any atom is 0.243 e. The van der Waals surface area contributed by atoms with E-state index in [-0.39, 0.29) is 11.5 Å². The SMILES string of the molecule is C[C@@H](c1nc(C(C)(C)C)no1)N(C)Cc1ccc(C#N)cc1. The molecule has 0 fully saturated rings. The predicted molar refractivity (Wildman–Crippen MR) is 84.0 cm³/mol. The zero-order valence-electron chi connectivity index (χ0n) is 13.8. The standard InChI is InChI=1S/C17H22N4O/c1-12(15-19-16(20-22-15)17(2,3)4)21(5)11-14-8-6-13(10-18)7-9-14/h6-9,12H,11H2,1-5H3/t12-/m0/s1. The van der Waals surface area contributed by atoms with E-state index < -0.39 is 0 Å². The highest BCUT2D eigenvalue weighted by molar-refractivity contribution is 5.31. The second-order valence-corrected chi connectivity index (χ2v) is 6.61. The molecule has 1 aromatic heterocycles. The molecule has 0 amide bonds. The Bertz CT molecular complexity index is 661. The third-order valence-electron chi connectivity index (χ3n) is 3.65. The van der Waals surface area contributed by atoms with Crippen LogP contribution in [0.25, 0.3) is 0 Å². The summed E-state index contributed by atoms with van der Waals surface area (Å²) in [5.41, 5.74) is 1.70. The van der Waals surface area contributed by atoms with Gasteiger partial charge in [0.15, 0.2) is 5.82 Å². The Kier molecular flexibility index (Phi) is 4.62. The van der Waals surface area contributed by atoms with Crippen LogP contribution in [0.15, 0.2) is 28.8 Å². The maximum atomic E-state index is 8.83. The molecule has 1 aromatic carbocycles. The Morgan fingerprint density at radius 3 is 2.41 bits per heavy atom. The van der Waals surface area contributed by atoms with Gasteiger partial charge in [-0.25, -0.2) is 0 Å². The highest BCUT2D eigenvalue weighted by Crippen LogP contribution is 2.24. The van der Waals surface area contributed by atoms with E-state index in [4.69, 9.17) is 9.78 Å². The summed E-state index contributed by atoms with van der Waals surface area (Å²) >= 11 is 0. The summed E-state index contributed by atoms with van der Waals surface area (Å²) in [6.45, 7) is 8.98. The average Bonchev–Trinajstić information content (AvgIpc) is 2.97. The molecule has 5 heteroatoms. The monoisotopic (exact) mass is 298 g/mol. The molecule has 0 saturated carbocycles. The van der Waals surface area contributed by atoms with E-state index in [1.165, 1.54) is 0 Å². The van der Waals surface area contributed by atoms with Gasteiger partial charge < -0.3 is 4.52 Å². The van der Waals surface area contributed by atoms with E-state index in [9.17, 15) is 0 Å². The van der Waals surface area contributed by atoms with Crippen LogP contribution in [0, 0.1) is 11.3 Å². The van der Waals surface area contributed by atoms with Gasteiger partial charge in [-0.3, -0.25) is 4.90 Å². The first-order chi connectivity index (χ1) is 10.3. The highest BCUT2D eigenvalue weighted by atomic mass is 16.5. The van der Waals surface area contributed by atoms with Crippen LogP contribution in [0.5, 0.6) is 0 Å². The van der Waals surface area contributed by atoms with Crippen molar-refractivity contribution in [3.63, 3.8) is 0 Å². The quantitative estimate of drug-likeness (QED) is 0.865. The van der Waals surface area contributed by atoms with E-state index in [0.717, 1.165) is 17.9 Å². The normalized spacial score (nSPS) is 13.1. The van der Waals surface area contributed by atoms with Gasteiger partial charge in [0.05, 0.1) is 17.7 Å². The van der Waals surface area contributed by atoms with E-state index >= 15 is 0 Å². The van der Waals surface area contributed by atoms with Crippen molar-refractivity contribution in [1.29, 1.82) is 5.26 Å². The highest BCUT2D eigenvalue weighted by Gasteiger charge is 2.24. The minimum atomic E-state index is -0.118. The smallest absolute Gasteiger partial charge is 0.243 e. The topological polar surface area (TPSA) is 66.0 Å². The summed E-state index contributed by atoms with van der Waals surface area (Å²) in [6.07, 6.45) is 0. The van der Waals surface area contributed by atoms with Gasteiger partial charge in [0, 0.05) is 12.0 Å². The molecule has 0 aliphatic carbocycles. The van der Waals surface area contributed by atoms with E-state index in [1.54, 1.807) is 0 Å². The Labute approximate surface area is 131 Å². The molecule has 1 heterocycles. The summed E-state index contributed by atoms with van der Waals surface area (Å²) in [6, 6.07) is 9.75. The lowest BCUT2D eigenvalue weighted by Crippen LogP contribution is -2.22. The van der Waals surface area contributed by atoms with Crippen LogP contribution in [0.3, 0.4) is 0 Å². The fourth-order valence-electron chi connectivity index (χ4n) is 2.01. The zero-order valence-corrected chi connectivity index (χ0v) is 13.8. The molecular formula is C17H22N4O. The van der Waals surface area contributed by atoms with Gasteiger partial charge in [-0.2, -0.15) is 10.2 Å². The van der Waals surface area contributed by atoms with Crippen LogP contribution >= 0.6 is 0 Å². The molecule has 22 heavy (non-hydrogen) atoms. The molecule has 116 valence electrons. The van der Waals surface area contributed by atoms with Crippen molar-refractivity contribution in [3.05, 3.63) is 47.1 Å². The van der Waals surface area contributed by atoms with Gasteiger partial charge in [-0.15, -0.1) is 0 Å². The summed E-state index contributed by atoms with van der Waals surface area (Å²) in [7, 11) is 2.02. The first-order valence-electron chi connectivity index (χ1n) is 7.34. The molecule has 0 unspecified atom stereocenters. The van der Waals surface area contributed by atoms with Gasteiger partial charge in [-0.05, 0) is 31.7 Å². The van der Waals surface area contributed by atoms with Crippen LogP contribution in [-0.2, 0) is 12.0 Å². The van der Waals surface area contributed by atoms with Gasteiger partial charge in [0.1, 0.15) is 0 Å². The Hall–Kier alpha value is -2.19. The molecule has 0 aliphatic heterocycles. The van der Waals surface area contributed by atoms with Crippen LogP contribution in [0.4, 0.5) is 0 Å². The average molecular weight is 298 g/mol. The van der Waals surface area contributed by atoms with E-state index in [2.05, 4.69) is 41.9 Å². The van der Waals surface area contributed by atoms with E-state index in [1.807, 2.05) is 38.2 Å². The molecule has 0 saturated heterocycles. The number of benzene rings is 1. The Balaban J connectivity index is 2.06. The molecule has 2 aromatic rings.